The molecule has 1 aromatic carbocycles. The third kappa shape index (κ3) is 4.69. The van der Waals surface area contributed by atoms with Crippen LogP contribution in [0, 0.1) is 6.92 Å². The van der Waals surface area contributed by atoms with E-state index in [4.69, 9.17) is 0 Å². The maximum absolute atomic E-state index is 12.5. The van der Waals surface area contributed by atoms with Crippen molar-refractivity contribution in [1.82, 2.24) is 14.2 Å². The molecule has 0 atom stereocenters. The van der Waals surface area contributed by atoms with Gasteiger partial charge in [0.1, 0.15) is 5.69 Å². The highest BCUT2D eigenvalue weighted by molar-refractivity contribution is 7.89. The van der Waals surface area contributed by atoms with Crippen molar-refractivity contribution in [3.8, 4) is 0 Å². The summed E-state index contributed by atoms with van der Waals surface area (Å²) < 4.78 is 26.6. The normalized spacial score (nSPS) is 16.0. The Morgan fingerprint density at radius 1 is 1.15 bits per heavy atom. The van der Waals surface area contributed by atoms with Crippen LogP contribution in [0.25, 0.3) is 0 Å². The maximum atomic E-state index is 12.5. The van der Waals surface area contributed by atoms with E-state index in [-0.39, 0.29) is 11.7 Å². The number of aryl methyl sites for hydroxylation is 2. The Balaban J connectivity index is 1.49. The lowest BCUT2D eigenvalue weighted by molar-refractivity contribution is 0.0692. The van der Waals surface area contributed by atoms with Crippen molar-refractivity contribution in [1.29, 1.82) is 0 Å². The second-order valence-corrected chi connectivity index (χ2v) is 9.50. The first-order valence-corrected chi connectivity index (χ1v) is 11.2. The van der Waals surface area contributed by atoms with Crippen LogP contribution >= 0.6 is 11.3 Å². The van der Waals surface area contributed by atoms with Crippen LogP contribution in [0.1, 0.15) is 27.5 Å². The standard InChI is InChI=1S/C18H23N3O3S2/c1-15-19-17(14-25-15)18(22)20-9-11-21(12-10-20)26(23,24)13-5-8-16-6-3-2-4-7-16/h2-4,6-7,14H,5,8-13H2,1H3. The topological polar surface area (TPSA) is 70.6 Å². The molecule has 1 saturated heterocycles. The number of aromatic nitrogens is 1. The van der Waals surface area contributed by atoms with E-state index in [9.17, 15) is 13.2 Å². The van der Waals surface area contributed by atoms with Crippen LogP contribution in [0.15, 0.2) is 35.7 Å². The van der Waals surface area contributed by atoms with Crippen LogP contribution in [0.3, 0.4) is 0 Å². The molecule has 1 aromatic heterocycles. The fraction of sp³-hybridized carbons (Fsp3) is 0.444. The first-order chi connectivity index (χ1) is 12.5. The van der Waals surface area contributed by atoms with Crippen LogP contribution in [-0.2, 0) is 16.4 Å². The summed E-state index contributed by atoms with van der Waals surface area (Å²) in [5, 5.41) is 2.61. The Labute approximate surface area is 158 Å². The lowest BCUT2D eigenvalue weighted by atomic mass is 10.1. The summed E-state index contributed by atoms with van der Waals surface area (Å²) >= 11 is 1.44. The Morgan fingerprint density at radius 2 is 1.85 bits per heavy atom. The predicted molar refractivity (Wildman–Crippen MR) is 103 cm³/mol. The van der Waals surface area contributed by atoms with Gasteiger partial charge in [0.2, 0.25) is 10.0 Å². The van der Waals surface area contributed by atoms with E-state index in [1.165, 1.54) is 15.6 Å². The molecule has 0 bridgehead atoms. The molecule has 1 fully saturated rings. The first-order valence-electron chi connectivity index (χ1n) is 8.69. The molecule has 1 amide bonds. The van der Waals surface area contributed by atoms with Crippen LogP contribution in [0.4, 0.5) is 0 Å². The predicted octanol–water partition coefficient (Wildman–Crippen LogP) is 2.17. The molecule has 26 heavy (non-hydrogen) atoms. The van der Waals surface area contributed by atoms with Crippen LogP contribution in [-0.4, -0.2) is 60.4 Å². The largest absolute Gasteiger partial charge is 0.335 e. The Hall–Kier alpha value is -1.77. The van der Waals surface area contributed by atoms with Gasteiger partial charge in [-0.05, 0) is 25.3 Å². The molecular formula is C18H23N3O3S2. The van der Waals surface area contributed by atoms with E-state index < -0.39 is 10.0 Å². The van der Waals surface area contributed by atoms with Crippen molar-refractivity contribution < 1.29 is 13.2 Å². The summed E-state index contributed by atoms with van der Waals surface area (Å²) in [4.78, 5) is 18.3. The summed E-state index contributed by atoms with van der Waals surface area (Å²) in [5.41, 5.74) is 1.60. The molecule has 1 aliphatic heterocycles. The van der Waals surface area contributed by atoms with E-state index in [0.29, 0.717) is 38.3 Å². The number of thiazole rings is 1. The number of carbonyl (C=O) groups is 1. The van der Waals surface area contributed by atoms with E-state index >= 15 is 0 Å². The van der Waals surface area contributed by atoms with Gasteiger partial charge in [0.15, 0.2) is 0 Å². The number of rotatable bonds is 6. The summed E-state index contributed by atoms with van der Waals surface area (Å²) in [6.07, 6.45) is 1.35. The van der Waals surface area contributed by atoms with Gasteiger partial charge in [-0.3, -0.25) is 4.79 Å². The average molecular weight is 394 g/mol. The molecule has 2 heterocycles. The summed E-state index contributed by atoms with van der Waals surface area (Å²) in [5.74, 6) is 0.0247. The molecule has 6 nitrogen and oxygen atoms in total. The highest BCUT2D eigenvalue weighted by atomic mass is 32.2. The first kappa shape index (κ1) is 19.0. The quantitative estimate of drug-likeness (QED) is 0.754. The number of sulfonamides is 1. The van der Waals surface area contributed by atoms with Gasteiger partial charge in [-0.2, -0.15) is 4.31 Å². The van der Waals surface area contributed by atoms with E-state index in [1.54, 1.807) is 10.3 Å². The molecule has 140 valence electrons. The second kappa shape index (κ2) is 8.28. The third-order valence-electron chi connectivity index (χ3n) is 4.47. The van der Waals surface area contributed by atoms with E-state index in [2.05, 4.69) is 4.98 Å². The van der Waals surface area contributed by atoms with Crippen LogP contribution in [0.5, 0.6) is 0 Å². The molecule has 0 N–H and O–H groups in total. The highest BCUT2D eigenvalue weighted by Gasteiger charge is 2.29. The number of piperazine rings is 1. The molecular weight excluding hydrogens is 370 g/mol. The molecule has 0 radical (unpaired) electrons. The maximum Gasteiger partial charge on any atom is 0.273 e. The SMILES string of the molecule is Cc1nc(C(=O)N2CCN(S(=O)(=O)CCCc3ccccc3)CC2)cs1. The number of amides is 1. The van der Waals surface area contributed by atoms with Crippen molar-refractivity contribution >= 4 is 27.3 Å². The minimum absolute atomic E-state index is 0.115. The monoisotopic (exact) mass is 393 g/mol. The molecule has 0 spiro atoms. The molecule has 3 rings (SSSR count). The van der Waals surface area contributed by atoms with Gasteiger partial charge < -0.3 is 4.90 Å². The minimum Gasteiger partial charge on any atom is -0.335 e. The Bertz CT molecular complexity index is 842. The van der Waals surface area contributed by atoms with E-state index in [1.807, 2.05) is 37.3 Å². The summed E-state index contributed by atoms with van der Waals surface area (Å²) in [7, 11) is -3.28. The number of carbonyl (C=O) groups excluding carboxylic acids is 1. The van der Waals surface area contributed by atoms with Gasteiger partial charge >= 0.3 is 0 Å². The van der Waals surface area contributed by atoms with Crippen LogP contribution in [0.2, 0.25) is 0 Å². The Morgan fingerprint density at radius 3 is 2.46 bits per heavy atom. The van der Waals surface area contributed by atoms with Gasteiger partial charge in [-0.15, -0.1) is 11.3 Å². The van der Waals surface area contributed by atoms with Crippen molar-refractivity contribution in [3.63, 3.8) is 0 Å². The molecule has 0 unspecified atom stereocenters. The summed E-state index contributed by atoms with van der Waals surface area (Å²) in [6, 6.07) is 9.90. The zero-order valence-corrected chi connectivity index (χ0v) is 16.4. The third-order valence-corrected chi connectivity index (χ3v) is 7.20. The number of hydrogen-bond acceptors (Lipinski definition) is 5. The number of nitrogens with zero attached hydrogens (tertiary/aromatic N) is 3. The zero-order chi connectivity index (χ0) is 18.6. The van der Waals surface area contributed by atoms with Crippen LogP contribution < -0.4 is 0 Å². The van der Waals surface area contributed by atoms with Crippen molar-refractivity contribution in [2.45, 2.75) is 19.8 Å². The second-order valence-electron chi connectivity index (χ2n) is 6.35. The number of benzene rings is 1. The van der Waals surface area contributed by atoms with Crippen molar-refractivity contribution in [2.24, 2.45) is 0 Å². The smallest absolute Gasteiger partial charge is 0.273 e. The molecule has 8 heteroatoms. The fourth-order valence-electron chi connectivity index (χ4n) is 3.03. The summed E-state index contributed by atoms with van der Waals surface area (Å²) in [6.45, 7) is 3.38. The van der Waals surface area contributed by atoms with Gasteiger partial charge in [0.05, 0.1) is 10.8 Å². The average Bonchev–Trinajstić information content (AvgIpc) is 3.08. The zero-order valence-electron chi connectivity index (χ0n) is 14.8. The van der Waals surface area contributed by atoms with Gasteiger partial charge in [0, 0.05) is 31.6 Å². The lowest BCUT2D eigenvalue weighted by Gasteiger charge is -2.33. The van der Waals surface area contributed by atoms with Gasteiger partial charge in [-0.25, -0.2) is 13.4 Å². The van der Waals surface area contributed by atoms with Gasteiger partial charge in [0.25, 0.3) is 5.91 Å². The number of hydrogen-bond donors (Lipinski definition) is 0. The molecule has 0 saturated carbocycles. The fourth-order valence-corrected chi connectivity index (χ4v) is 5.10. The molecule has 0 aliphatic carbocycles. The lowest BCUT2D eigenvalue weighted by Crippen LogP contribution is -2.51. The highest BCUT2D eigenvalue weighted by Crippen LogP contribution is 2.15. The van der Waals surface area contributed by atoms with Crippen molar-refractivity contribution in [3.05, 3.63) is 52.0 Å². The van der Waals surface area contributed by atoms with Gasteiger partial charge in [-0.1, -0.05) is 30.3 Å². The van der Waals surface area contributed by atoms with E-state index in [0.717, 1.165) is 17.0 Å². The van der Waals surface area contributed by atoms with Crippen molar-refractivity contribution in [2.75, 3.05) is 31.9 Å². The molecule has 1 aliphatic rings. The molecule has 2 aromatic rings. The Kier molecular flexibility index (Phi) is 6.05. The minimum atomic E-state index is -3.28.